The van der Waals surface area contributed by atoms with Crippen molar-refractivity contribution in [1.82, 2.24) is 4.90 Å². The molecular weight excluding hydrogens is 228 g/mol. The Balaban J connectivity index is 2.83. The molecule has 0 saturated heterocycles. The van der Waals surface area contributed by atoms with Crippen molar-refractivity contribution in [3.63, 3.8) is 0 Å². The van der Waals surface area contributed by atoms with Gasteiger partial charge in [-0.05, 0) is 37.1 Å². The molecule has 0 aliphatic heterocycles. The van der Waals surface area contributed by atoms with Crippen molar-refractivity contribution in [1.29, 1.82) is 0 Å². The van der Waals surface area contributed by atoms with Crippen molar-refractivity contribution in [3.8, 4) is 5.75 Å². The van der Waals surface area contributed by atoms with E-state index in [0.29, 0.717) is 24.2 Å². The maximum Gasteiger partial charge on any atom is 0.253 e. The van der Waals surface area contributed by atoms with E-state index in [2.05, 4.69) is 6.92 Å². The molecule has 1 rings (SSSR count). The minimum Gasteiger partial charge on any atom is -0.508 e. The molecule has 1 aromatic rings. The number of amides is 1. The zero-order chi connectivity index (χ0) is 13.5. The normalized spacial score (nSPS) is 10.4. The van der Waals surface area contributed by atoms with Gasteiger partial charge in [0, 0.05) is 25.2 Å². The number of hydrogen-bond acceptors (Lipinski definition) is 3. The fourth-order valence-corrected chi connectivity index (χ4v) is 1.79. The zero-order valence-electron chi connectivity index (χ0n) is 11.1. The van der Waals surface area contributed by atoms with Gasteiger partial charge in [-0.1, -0.05) is 13.3 Å². The minimum absolute atomic E-state index is 0.0167. The maximum atomic E-state index is 12.3. The van der Waals surface area contributed by atoms with Crippen LogP contribution in [0.1, 0.15) is 35.7 Å². The highest BCUT2D eigenvalue weighted by Crippen LogP contribution is 2.18. The summed E-state index contributed by atoms with van der Waals surface area (Å²) < 4.78 is 0. The molecule has 3 N–H and O–H groups in total. The van der Waals surface area contributed by atoms with Crippen LogP contribution in [0.5, 0.6) is 5.75 Å². The SMILES string of the molecule is CCCCN(CCN)C(=O)c1ccc(O)c(C)c1. The molecule has 0 heterocycles. The Kier molecular flexibility index (Phi) is 5.65. The summed E-state index contributed by atoms with van der Waals surface area (Å²) in [5, 5.41) is 9.46. The van der Waals surface area contributed by atoms with Crippen LogP contribution in [0, 0.1) is 6.92 Å². The summed E-state index contributed by atoms with van der Waals surface area (Å²) in [6.45, 7) is 5.64. The van der Waals surface area contributed by atoms with Gasteiger partial charge >= 0.3 is 0 Å². The average molecular weight is 250 g/mol. The Morgan fingerprint density at radius 2 is 2.11 bits per heavy atom. The largest absolute Gasteiger partial charge is 0.508 e. The van der Waals surface area contributed by atoms with Gasteiger partial charge < -0.3 is 15.7 Å². The van der Waals surface area contributed by atoms with E-state index in [-0.39, 0.29) is 11.7 Å². The number of aromatic hydroxyl groups is 1. The highest BCUT2D eigenvalue weighted by molar-refractivity contribution is 5.94. The fourth-order valence-electron chi connectivity index (χ4n) is 1.79. The second-order valence-electron chi connectivity index (χ2n) is 4.44. The Morgan fingerprint density at radius 1 is 1.39 bits per heavy atom. The molecule has 0 saturated carbocycles. The lowest BCUT2D eigenvalue weighted by atomic mass is 10.1. The summed E-state index contributed by atoms with van der Waals surface area (Å²) in [6.07, 6.45) is 2.02. The first-order valence-corrected chi connectivity index (χ1v) is 6.39. The Labute approximate surface area is 108 Å². The third-order valence-electron chi connectivity index (χ3n) is 2.91. The zero-order valence-corrected chi connectivity index (χ0v) is 11.1. The van der Waals surface area contributed by atoms with E-state index in [0.717, 1.165) is 19.4 Å². The van der Waals surface area contributed by atoms with Crippen molar-refractivity contribution in [2.75, 3.05) is 19.6 Å². The number of phenolic OH excluding ortho intramolecular Hbond substituents is 1. The number of rotatable bonds is 6. The number of nitrogens with two attached hydrogens (primary N) is 1. The third-order valence-corrected chi connectivity index (χ3v) is 2.91. The Morgan fingerprint density at radius 3 is 2.67 bits per heavy atom. The monoisotopic (exact) mass is 250 g/mol. The summed E-state index contributed by atoms with van der Waals surface area (Å²) in [7, 11) is 0. The van der Waals surface area contributed by atoms with E-state index in [1.54, 1.807) is 30.0 Å². The molecule has 18 heavy (non-hydrogen) atoms. The predicted octanol–water partition coefficient (Wildman–Crippen LogP) is 1.90. The molecule has 0 fully saturated rings. The smallest absolute Gasteiger partial charge is 0.253 e. The van der Waals surface area contributed by atoms with Crippen LogP contribution in [0.4, 0.5) is 0 Å². The van der Waals surface area contributed by atoms with E-state index >= 15 is 0 Å². The van der Waals surface area contributed by atoms with Crippen LogP contribution in [0.2, 0.25) is 0 Å². The van der Waals surface area contributed by atoms with Crippen molar-refractivity contribution < 1.29 is 9.90 Å². The molecule has 0 aromatic heterocycles. The number of hydrogen-bond donors (Lipinski definition) is 2. The van der Waals surface area contributed by atoms with E-state index < -0.39 is 0 Å². The van der Waals surface area contributed by atoms with Crippen molar-refractivity contribution in [2.45, 2.75) is 26.7 Å². The molecule has 0 atom stereocenters. The summed E-state index contributed by atoms with van der Waals surface area (Å²) in [6, 6.07) is 4.93. The molecule has 0 aliphatic carbocycles. The molecule has 0 bridgehead atoms. The molecule has 0 aliphatic rings. The van der Waals surface area contributed by atoms with Crippen LogP contribution in [-0.2, 0) is 0 Å². The first-order chi connectivity index (χ1) is 8.60. The van der Waals surface area contributed by atoms with Gasteiger partial charge in [0.25, 0.3) is 5.91 Å². The molecule has 100 valence electrons. The van der Waals surface area contributed by atoms with Gasteiger partial charge in [0.15, 0.2) is 0 Å². The number of carbonyl (C=O) groups excluding carboxylic acids is 1. The highest BCUT2D eigenvalue weighted by Gasteiger charge is 2.15. The lowest BCUT2D eigenvalue weighted by molar-refractivity contribution is 0.0758. The summed E-state index contributed by atoms with van der Waals surface area (Å²) in [5.74, 6) is 0.197. The Bertz CT molecular complexity index is 405. The maximum absolute atomic E-state index is 12.3. The molecule has 0 radical (unpaired) electrons. The standard InChI is InChI=1S/C14H22N2O2/c1-3-4-8-16(9-7-15)14(18)12-5-6-13(17)11(2)10-12/h5-6,10,17H,3-4,7-9,15H2,1-2H3. The number of benzene rings is 1. The predicted molar refractivity (Wildman–Crippen MR) is 72.7 cm³/mol. The molecule has 4 heteroatoms. The number of carbonyl (C=O) groups is 1. The summed E-state index contributed by atoms with van der Waals surface area (Å²) >= 11 is 0. The van der Waals surface area contributed by atoms with Gasteiger partial charge in [0.05, 0.1) is 0 Å². The van der Waals surface area contributed by atoms with Crippen LogP contribution in [0.3, 0.4) is 0 Å². The van der Waals surface area contributed by atoms with Crippen LogP contribution >= 0.6 is 0 Å². The molecule has 0 unspecified atom stereocenters. The Hall–Kier alpha value is -1.55. The van der Waals surface area contributed by atoms with E-state index in [1.807, 2.05) is 0 Å². The molecule has 1 aromatic carbocycles. The first-order valence-electron chi connectivity index (χ1n) is 6.39. The number of nitrogens with zero attached hydrogens (tertiary/aromatic N) is 1. The fraction of sp³-hybridized carbons (Fsp3) is 0.500. The van der Waals surface area contributed by atoms with Crippen molar-refractivity contribution in [3.05, 3.63) is 29.3 Å². The van der Waals surface area contributed by atoms with Gasteiger partial charge in [0.2, 0.25) is 0 Å². The van der Waals surface area contributed by atoms with Crippen LogP contribution in [-0.4, -0.2) is 35.5 Å². The highest BCUT2D eigenvalue weighted by atomic mass is 16.3. The number of unbranched alkanes of at least 4 members (excludes halogenated alkanes) is 1. The summed E-state index contributed by atoms with van der Waals surface area (Å²) in [5.41, 5.74) is 6.86. The van der Waals surface area contributed by atoms with Gasteiger partial charge in [-0.2, -0.15) is 0 Å². The van der Waals surface area contributed by atoms with Gasteiger partial charge in [0.1, 0.15) is 5.75 Å². The van der Waals surface area contributed by atoms with Crippen molar-refractivity contribution >= 4 is 5.91 Å². The quantitative estimate of drug-likeness (QED) is 0.810. The van der Waals surface area contributed by atoms with Crippen LogP contribution in [0.25, 0.3) is 0 Å². The van der Waals surface area contributed by atoms with E-state index in [4.69, 9.17) is 5.73 Å². The van der Waals surface area contributed by atoms with Gasteiger partial charge in [-0.3, -0.25) is 4.79 Å². The van der Waals surface area contributed by atoms with Gasteiger partial charge in [-0.15, -0.1) is 0 Å². The lowest BCUT2D eigenvalue weighted by Crippen LogP contribution is -2.36. The van der Waals surface area contributed by atoms with Crippen LogP contribution < -0.4 is 5.73 Å². The first kappa shape index (κ1) is 14.5. The molecule has 0 spiro atoms. The van der Waals surface area contributed by atoms with Gasteiger partial charge in [-0.25, -0.2) is 0 Å². The second kappa shape index (κ2) is 7.01. The number of aryl methyl sites for hydroxylation is 1. The van der Waals surface area contributed by atoms with Crippen LogP contribution in [0.15, 0.2) is 18.2 Å². The molecule has 4 nitrogen and oxygen atoms in total. The third kappa shape index (κ3) is 3.74. The van der Waals surface area contributed by atoms with Crippen molar-refractivity contribution in [2.24, 2.45) is 5.73 Å². The summed E-state index contributed by atoms with van der Waals surface area (Å²) in [4.78, 5) is 14.1. The van der Waals surface area contributed by atoms with E-state index in [9.17, 15) is 9.90 Å². The lowest BCUT2D eigenvalue weighted by Gasteiger charge is -2.22. The molecular formula is C14H22N2O2. The topological polar surface area (TPSA) is 66.6 Å². The average Bonchev–Trinajstić information content (AvgIpc) is 2.37. The number of phenols is 1. The second-order valence-corrected chi connectivity index (χ2v) is 4.44. The van der Waals surface area contributed by atoms with E-state index in [1.165, 1.54) is 0 Å². The molecule has 1 amide bonds. The minimum atomic E-state index is -0.0167.